The Balaban J connectivity index is 2.00. The summed E-state index contributed by atoms with van der Waals surface area (Å²) in [6.45, 7) is 3.70. The van der Waals surface area contributed by atoms with Crippen LogP contribution in [0, 0.1) is 0 Å². The van der Waals surface area contributed by atoms with Crippen LogP contribution in [0.1, 0.15) is 31.7 Å². The molecule has 0 aliphatic carbocycles. The van der Waals surface area contributed by atoms with Crippen LogP contribution in [-0.4, -0.2) is 27.6 Å². The summed E-state index contributed by atoms with van der Waals surface area (Å²) in [6, 6.07) is 7.83. The van der Waals surface area contributed by atoms with Crippen molar-refractivity contribution < 1.29 is 5.11 Å². The second-order valence-electron chi connectivity index (χ2n) is 5.64. The first-order chi connectivity index (χ1) is 9.66. The third-order valence-corrected chi connectivity index (χ3v) is 4.29. The molecule has 1 aromatic carbocycles. The summed E-state index contributed by atoms with van der Waals surface area (Å²) >= 11 is 0. The number of fused-ring (bicyclic) bond motifs is 1. The summed E-state index contributed by atoms with van der Waals surface area (Å²) in [4.78, 5) is 17.3. The van der Waals surface area contributed by atoms with E-state index in [4.69, 9.17) is 0 Å². The Bertz CT molecular complexity index is 678. The average Bonchev–Trinajstić information content (AvgIpc) is 2.45. The minimum atomic E-state index is -0.182. The van der Waals surface area contributed by atoms with Crippen molar-refractivity contribution in [2.75, 3.05) is 6.54 Å². The maximum Gasteiger partial charge on any atom is 0.256 e. The molecular formula is C16H20N2O2. The fourth-order valence-electron chi connectivity index (χ4n) is 3.01. The highest BCUT2D eigenvalue weighted by molar-refractivity contribution is 5.85. The van der Waals surface area contributed by atoms with Crippen molar-refractivity contribution in [3.63, 3.8) is 0 Å². The summed E-state index contributed by atoms with van der Waals surface area (Å²) in [7, 11) is 0. The first kappa shape index (κ1) is 13.2. The zero-order chi connectivity index (χ0) is 14.1. The van der Waals surface area contributed by atoms with Gasteiger partial charge in [-0.1, -0.05) is 18.6 Å². The number of H-pyrrole nitrogens is 1. The number of hydrogen-bond acceptors (Lipinski definition) is 3. The Morgan fingerprint density at radius 3 is 2.95 bits per heavy atom. The van der Waals surface area contributed by atoms with Gasteiger partial charge in [-0.3, -0.25) is 9.69 Å². The molecule has 0 radical (unpaired) electrons. The number of likely N-dealkylation sites (tertiary alicyclic amines) is 1. The molecule has 2 aromatic rings. The quantitative estimate of drug-likeness (QED) is 0.883. The lowest BCUT2D eigenvalue weighted by molar-refractivity contribution is 0.151. The van der Waals surface area contributed by atoms with Gasteiger partial charge in [-0.25, -0.2) is 0 Å². The third-order valence-electron chi connectivity index (χ3n) is 4.29. The topological polar surface area (TPSA) is 56.3 Å². The van der Waals surface area contributed by atoms with E-state index in [1.807, 2.05) is 24.3 Å². The van der Waals surface area contributed by atoms with Gasteiger partial charge in [0.15, 0.2) is 0 Å². The maximum atomic E-state index is 12.2. The molecule has 0 saturated carbocycles. The maximum absolute atomic E-state index is 12.2. The van der Waals surface area contributed by atoms with Gasteiger partial charge >= 0.3 is 0 Å². The van der Waals surface area contributed by atoms with Gasteiger partial charge in [0.05, 0.1) is 11.1 Å². The average molecular weight is 272 g/mol. The number of piperidine rings is 1. The molecule has 1 aliphatic heterocycles. The second-order valence-corrected chi connectivity index (χ2v) is 5.64. The predicted octanol–water partition coefficient (Wildman–Crippen LogP) is 2.61. The van der Waals surface area contributed by atoms with E-state index in [1.165, 1.54) is 6.42 Å². The van der Waals surface area contributed by atoms with Crippen molar-refractivity contribution in [2.45, 2.75) is 38.8 Å². The minimum Gasteiger partial charge on any atom is -0.507 e. The Morgan fingerprint density at radius 2 is 2.15 bits per heavy atom. The molecule has 2 heterocycles. The van der Waals surface area contributed by atoms with Crippen LogP contribution in [0.25, 0.3) is 10.9 Å². The number of rotatable bonds is 2. The summed E-state index contributed by atoms with van der Waals surface area (Å²) in [5, 5.41) is 11.1. The van der Waals surface area contributed by atoms with Crippen LogP contribution >= 0.6 is 0 Å². The molecule has 4 heteroatoms. The van der Waals surface area contributed by atoms with E-state index >= 15 is 0 Å². The normalized spacial score (nSPS) is 20.4. The van der Waals surface area contributed by atoms with E-state index in [1.54, 1.807) is 0 Å². The zero-order valence-electron chi connectivity index (χ0n) is 11.7. The van der Waals surface area contributed by atoms with Gasteiger partial charge in [-0.15, -0.1) is 0 Å². The van der Waals surface area contributed by atoms with Crippen LogP contribution in [-0.2, 0) is 6.54 Å². The highest BCUT2D eigenvalue weighted by atomic mass is 16.3. The summed E-state index contributed by atoms with van der Waals surface area (Å²) in [5.74, 6) is 0.127. The van der Waals surface area contributed by atoms with Gasteiger partial charge < -0.3 is 10.1 Å². The Kier molecular flexibility index (Phi) is 3.49. The van der Waals surface area contributed by atoms with Gasteiger partial charge in [0.1, 0.15) is 5.75 Å². The largest absolute Gasteiger partial charge is 0.507 e. The van der Waals surface area contributed by atoms with Gasteiger partial charge in [0, 0.05) is 18.0 Å². The lowest BCUT2D eigenvalue weighted by atomic mass is 10.0. The molecule has 1 saturated heterocycles. The lowest BCUT2D eigenvalue weighted by Gasteiger charge is -2.33. The van der Waals surface area contributed by atoms with Crippen LogP contribution in [0.15, 0.2) is 29.1 Å². The van der Waals surface area contributed by atoms with Gasteiger partial charge in [-0.05, 0) is 38.4 Å². The number of aromatic hydroxyl groups is 1. The molecule has 106 valence electrons. The van der Waals surface area contributed by atoms with Crippen LogP contribution < -0.4 is 5.56 Å². The second kappa shape index (κ2) is 5.29. The molecule has 4 nitrogen and oxygen atoms in total. The van der Waals surface area contributed by atoms with Crippen molar-refractivity contribution in [1.29, 1.82) is 0 Å². The predicted molar refractivity (Wildman–Crippen MR) is 80.0 cm³/mol. The van der Waals surface area contributed by atoms with E-state index in [-0.39, 0.29) is 11.3 Å². The van der Waals surface area contributed by atoms with Crippen molar-refractivity contribution in [3.05, 3.63) is 40.2 Å². The van der Waals surface area contributed by atoms with Crippen LogP contribution in [0.5, 0.6) is 5.75 Å². The van der Waals surface area contributed by atoms with E-state index in [0.717, 1.165) is 19.4 Å². The molecule has 1 fully saturated rings. The summed E-state index contributed by atoms with van der Waals surface area (Å²) < 4.78 is 0. The monoisotopic (exact) mass is 272 g/mol. The number of hydrogen-bond donors (Lipinski definition) is 2. The molecule has 2 N–H and O–H groups in total. The van der Waals surface area contributed by atoms with E-state index < -0.39 is 0 Å². The molecule has 20 heavy (non-hydrogen) atoms. The van der Waals surface area contributed by atoms with Gasteiger partial charge in [0.2, 0.25) is 0 Å². The van der Waals surface area contributed by atoms with Crippen molar-refractivity contribution in [2.24, 2.45) is 0 Å². The van der Waals surface area contributed by atoms with E-state index in [9.17, 15) is 9.90 Å². The molecule has 0 bridgehead atoms. The van der Waals surface area contributed by atoms with Crippen LogP contribution in [0.3, 0.4) is 0 Å². The van der Waals surface area contributed by atoms with Crippen LogP contribution in [0.4, 0.5) is 0 Å². The number of benzene rings is 1. The molecule has 0 amide bonds. The van der Waals surface area contributed by atoms with Gasteiger partial charge in [0.25, 0.3) is 5.56 Å². The number of nitrogens with one attached hydrogen (secondary N) is 1. The number of pyridine rings is 1. The fraction of sp³-hybridized carbons (Fsp3) is 0.438. The van der Waals surface area contributed by atoms with Gasteiger partial charge in [-0.2, -0.15) is 0 Å². The highest BCUT2D eigenvalue weighted by Gasteiger charge is 2.21. The SMILES string of the molecule is C[C@H]1CCCCN1Cc1c(O)c2ccccc2[nH]c1=O. The fourth-order valence-corrected chi connectivity index (χ4v) is 3.01. The molecule has 1 aromatic heterocycles. The van der Waals surface area contributed by atoms with Crippen molar-refractivity contribution in [1.82, 2.24) is 9.88 Å². The molecule has 0 unspecified atom stereocenters. The van der Waals surface area contributed by atoms with Crippen LogP contribution in [0.2, 0.25) is 0 Å². The highest BCUT2D eigenvalue weighted by Crippen LogP contribution is 2.27. The summed E-state index contributed by atoms with van der Waals surface area (Å²) in [5.41, 5.74) is 0.988. The standard InChI is InChI=1S/C16H20N2O2/c1-11-6-4-5-9-18(11)10-13-15(19)12-7-2-3-8-14(12)17-16(13)20/h2-3,7-8,11H,4-6,9-10H2,1H3,(H2,17,19,20)/t11-/m0/s1. The molecular weight excluding hydrogens is 252 g/mol. The summed E-state index contributed by atoms with van der Waals surface area (Å²) in [6.07, 6.45) is 3.57. The van der Waals surface area contributed by atoms with E-state index in [2.05, 4.69) is 16.8 Å². The molecule has 3 rings (SSSR count). The zero-order valence-corrected chi connectivity index (χ0v) is 11.7. The number of aromatic nitrogens is 1. The molecule has 0 spiro atoms. The van der Waals surface area contributed by atoms with Crippen molar-refractivity contribution in [3.8, 4) is 5.75 Å². The van der Waals surface area contributed by atoms with E-state index in [0.29, 0.717) is 29.1 Å². The van der Waals surface area contributed by atoms with Crippen molar-refractivity contribution >= 4 is 10.9 Å². The molecule has 1 aliphatic rings. The first-order valence-electron chi connectivity index (χ1n) is 7.23. The number of aromatic amines is 1. The minimum absolute atomic E-state index is 0.127. The Hall–Kier alpha value is -1.81. The first-order valence-corrected chi connectivity index (χ1v) is 7.23. The Labute approximate surface area is 118 Å². The number of nitrogens with zero attached hydrogens (tertiary/aromatic N) is 1. The lowest BCUT2D eigenvalue weighted by Crippen LogP contribution is -2.38. The smallest absolute Gasteiger partial charge is 0.256 e. The molecule has 1 atom stereocenters. The number of para-hydroxylation sites is 1. The third kappa shape index (κ3) is 2.31. The Morgan fingerprint density at radius 1 is 1.35 bits per heavy atom.